The zero-order valence-corrected chi connectivity index (χ0v) is 20.0. The highest BCUT2D eigenvalue weighted by Gasteiger charge is 2.63. The number of nitrogens with zero attached hydrogens (tertiary/aromatic N) is 1. The average Bonchev–Trinajstić information content (AvgIpc) is 3.57. The molecular formula is C23H35N3O5S. The van der Waals surface area contributed by atoms with Crippen molar-refractivity contribution < 1.29 is 23.7 Å². The molecule has 32 heavy (non-hydrogen) atoms. The Morgan fingerprint density at radius 2 is 2.03 bits per heavy atom. The predicted molar refractivity (Wildman–Crippen MR) is 121 cm³/mol. The lowest BCUT2D eigenvalue weighted by Gasteiger charge is -2.28. The summed E-state index contributed by atoms with van der Waals surface area (Å²) in [5.74, 6) is -0.940. The number of allylic oxidation sites excluding steroid dienone is 1. The number of carbonyl (C=O) groups is 3. The summed E-state index contributed by atoms with van der Waals surface area (Å²) in [4.78, 5) is 40.9. The van der Waals surface area contributed by atoms with Gasteiger partial charge in [-0.15, -0.1) is 0 Å². The summed E-state index contributed by atoms with van der Waals surface area (Å²) < 4.78 is 20.9. The van der Waals surface area contributed by atoms with E-state index in [0.29, 0.717) is 19.4 Å². The SMILES string of the molecule is C[C@@H]1CC/C=C\[C@@H]2C[C@@]2(C(=O)N[S@+]([O-])C2(C)CC2)NC(=O)[C@@H]2CCCN2C(=O)C[C@H](C)O1. The van der Waals surface area contributed by atoms with Crippen LogP contribution in [0.2, 0.25) is 0 Å². The number of hydrogen-bond donors (Lipinski definition) is 2. The molecule has 0 bridgehead atoms. The molecule has 2 heterocycles. The van der Waals surface area contributed by atoms with E-state index in [2.05, 4.69) is 10.0 Å². The monoisotopic (exact) mass is 465 g/mol. The zero-order valence-electron chi connectivity index (χ0n) is 19.2. The number of nitrogens with one attached hydrogen (secondary N) is 2. The van der Waals surface area contributed by atoms with Gasteiger partial charge in [-0.05, 0) is 52.9 Å². The number of amides is 3. The van der Waals surface area contributed by atoms with Gasteiger partial charge in [0.15, 0.2) is 0 Å². The van der Waals surface area contributed by atoms with Gasteiger partial charge >= 0.3 is 0 Å². The normalized spacial score (nSPS) is 38.9. The topological polar surface area (TPSA) is 111 Å². The molecule has 2 N–H and O–H groups in total. The first kappa shape index (κ1) is 23.6. The molecule has 1 saturated heterocycles. The van der Waals surface area contributed by atoms with Gasteiger partial charge < -0.3 is 19.5 Å². The average molecular weight is 466 g/mol. The van der Waals surface area contributed by atoms with Gasteiger partial charge in [-0.3, -0.25) is 14.4 Å². The van der Waals surface area contributed by atoms with Gasteiger partial charge in [0.25, 0.3) is 5.91 Å². The molecule has 8 nitrogen and oxygen atoms in total. The fourth-order valence-corrected chi connectivity index (χ4v) is 5.82. The Hall–Kier alpha value is -1.58. The van der Waals surface area contributed by atoms with E-state index < -0.39 is 28.8 Å². The lowest BCUT2D eigenvalue weighted by atomic mass is 10.1. The van der Waals surface area contributed by atoms with Crippen LogP contribution in [0.5, 0.6) is 0 Å². The van der Waals surface area contributed by atoms with E-state index >= 15 is 0 Å². The quantitative estimate of drug-likeness (QED) is 0.487. The molecule has 3 fully saturated rings. The van der Waals surface area contributed by atoms with Crippen LogP contribution in [0.3, 0.4) is 0 Å². The van der Waals surface area contributed by atoms with Crippen LogP contribution in [0.1, 0.15) is 72.1 Å². The van der Waals surface area contributed by atoms with Crippen LogP contribution in [0.4, 0.5) is 0 Å². The number of carbonyl (C=O) groups excluding carboxylic acids is 3. The molecule has 2 aliphatic heterocycles. The highest BCUT2D eigenvalue weighted by Crippen LogP contribution is 2.47. The van der Waals surface area contributed by atoms with E-state index in [1.165, 1.54) is 0 Å². The molecule has 0 aromatic carbocycles. The molecule has 3 amide bonds. The number of rotatable bonds is 3. The molecule has 2 saturated carbocycles. The molecule has 0 spiro atoms. The maximum absolute atomic E-state index is 13.2. The van der Waals surface area contributed by atoms with Crippen LogP contribution in [-0.4, -0.2) is 62.3 Å². The van der Waals surface area contributed by atoms with Crippen molar-refractivity contribution in [2.24, 2.45) is 5.92 Å². The Kier molecular flexibility index (Phi) is 6.62. The molecule has 0 unspecified atom stereocenters. The molecule has 4 aliphatic rings. The van der Waals surface area contributed by atoms with Crippen molar-refractivity contribution in [1.82, 2.24) is 14.9 Å². The molecule has 6 atom stereocenters. The summed E-state index contributed by atoms with van der Waals surface area (Å²) in [6.07, 6.45) is 9.05. The van der Waals surface area contributed by atoms with Crippen LogP contribution in [-0.2, 0) is 30.5 Å². The van der Waals surface area contributed by atoms with Crippen molar-refractivity contribution in [3.05, 3.63) is 12.2 Å². The fourth-order valence-electron chi connectivity index (χ4n) is 4.75. The van der Waals surface area contributed by atoms with Crippen molar-refractivity contribution in [2.45, 2.75) is 101 Å². The first-order valence-electron chi connectivity index (χ1n) is 11.8. The summed E-state index contributed by atoms with van der Waals surface area (Å²) >= 11 is -1.48. The Labute approximate surface area is 193 Å². The molecule has 178 valence electrons. The molecule has 0 radical (unpaired) electrons. The van der Waals surface area contributed by atoms with Crippen molar-refractivity contribution in [1.29, 1.82) is 0 Å². The third-order valence-electron chi connectivity index (χ3n) is 7.26. The van der Waals surface area contributed by atoms with E-state index in [-0.39, 0.29) is 41.1 Å². The fraction of sp³-hybridized carbons (Fsp3) is 0.783. The molecule has 4 rings (SSSR count). The van der Waals surface area contributed by atoms with Gasteiger partial charge in [-0.25, -0.2) is 0 Å². The maximum Gasteiger partial charge on any atom is 0.287 e. The number of hydrogen-bond acceptors (Lipinski definition) is 5. The van der Waals surface area contributed by atoms with Crippen molar-refractivity contribution in [3.8, 4) is 0 Å². The lowest BCUT2D eigenvalue weighted by molar-refractivity contribution is -0.142. The van der Waals surface area contributed by atoms with Gasteiger partial charge in [-0.2, -0.15) is 4.72 Å². The predicted octanol–water partition coefficient (Wildman–Crippen LogP) is 1.72. The second-order valence-corrected chi connectivity index (χ2v) is 11.9. The standard InChI is InChI=1S/C23H35N3O5S/c1-15-7-4-5-8-17-14-23(17,21(29)25-32(30)22(3)10-11-22)24-20(28)18-9-6-12-26(18)19(27)13-16(2)31-15/h5,8,15-18H,4,6-7,9-14H2,1-3H3,(H,24,28)(H,25,29)/b8-5-/t15-,16+,17-,18+,23-,32-/m1/s1. The van der Waals surface area contributed by atoms with Crippen molar-refractivity contribution in [2.75, 3.05) is 6.54 Å². The largest absolute Gasteiger partial charge is 0.593 e. The minimum Gasteiger partial charge on any atom is -0.593 e. The summed E-state index contributed by atoms with van der Waals surface area (Å²) in [5, 5.41) is 2.96. The first-order valence-corrected chi connectivity index (χ1v) is 13.0. The Bertz CT molecular complexity index is 801. The first-order chi connectivity index (χ1) is 15.1. The van der Waals surface area contributed by atoms with Gasteiger partial charge in [0.1, 0.15) is 16.3 Å². The Morgan fingerprint density at radius 3 is 2.75 bits per heavy atom. The second kappa shape index (κ2) is 8.99. The van der Waals surface area contributed by atoms with Crippen molar-refractivity contribution >= 4 is 29.1 Å². The summed E-state index contributed by atoms with van der Waals surface area (Å²) in [6, 6.07) is -0.585. The van der Waals surface area contributed by atoms with Gasteiger partial charge in [0.2, 0.25) is 11.8 Å². The molecule has 9 heteroatoms. The third kappa shape index (κ3) is 4.84. The molecule has 2 aliphatic carbocycles. The number of fused-ring (bicyclic) bond motifs is 2. The van der Waals surface area contributed by atoms with Gasteiger partial charge in [-0.1, -0.05) is 12.2 Å². The maximum atomic E-state index is 13.2. The van der Waals surface area contributed by atoms with E-state index in [1.54, 1.807) is 4.90 Å². The minimum absolute atomic E-state index is 0.00989. The minimum atomic E-state index is -1.48. The number of ether oxygens (including phenoxy) is 1. The van der Waals surface area contributed by atoms with Gasteiger partial charge in [0.05, 0.1) is 30.0 Å². The summed E-state index contributed by atoms with van der Waals surface area (Å²) in [6.45, 7) is 6.32. The zero-order chi connectivity index (χ0) is 23.1. The molecule has 0 aromatic rings. The second-order valence-electron chi connectivity index (χ2n) is 10.1. The van der Waals surface area contributed by atoms with E-state index in [4.69, 9.17) is 4.74 Å². The van der Waals surface area contributed by atoms with Crippen LogP contribution < -0.4 is 10.0 Å². The highest BCUT2D eigenvalue weighted by atomic mass is 32.2. The van der Waals surface area contributed by atoms with Crippen LogP contribution >= 0.6 is 0 Å². The Morgan fingerprint density at radius 1 is 1.28 bits per heavy atom. The van der Waals surface area contributed by atoms with E-state index in [1.807, 2.05) is 32.9 Å². The van der Waals surface area contributed by atoms with Crippen molar-refractivity contribution in [3.63, 3.8) is 0 Å². The Balaban J connectivity index is 1.54. The molecular weight excluding hydrogens is 430 g/mol. The van der Waals surface area contributed by atoms with E-state index in [9.17, 15) is 18.9 Å². The lowest BCUT2D eigenvalue weighted by Crippen LogP contribution is -2.57. The third-order valence-corrected chi connectivity index (χ3v) is 8.94. The molecule has 0 aromatic heterocycles. The summed E-state index contributed by atoms with van der Waals surface area (Å²) in [5.41, 5.74) is -1.10. The van der Waals surface area contributed by atoms with Gasteiger partial charge in [0, 0.05) is 25.3 Å². The van der Waals surface area contributed by atoms with Crippen LogP contribution in [0.15, 0.2) is 12.2 Å². The van der Waals surface area contributed by atoms with Crippen LogP contribution in [0, 0.1) is 5.92 Å². The van der Waals surface area contributed by atoms with E-state index in [0.717, 1.165) is 32.1 Å². The summed E-state index contributed by atoms with van der Waals surface area (Å²) in [7, 11) is 0. The highest BCUT2D eigenvalue weighted by molar-refractivity contribution is 7.91. The van der Waals surface area contributed by atoms with Crippen LogP contribution in [0.25, 0.3) is 0 Å². The smallest absolute Gasteiger partial charge is 0.287 e.